The number of aliphatic hydroxyl groups is 1. The van der Waals surface area contributed by atoms with Crippen LogP contribution in [0.2, 0.25) is 10.0 Å². The highest BCUT2D eigenvalue weighted by atomic mass is 35.5. The lowest BCUT2D eigenvalue weighted by molar-refractivity contribution is 0.132. The average Bonchev–Trinajstić information content (AvgIpc) is 2.57. The van der Waals surface area contributed by atoms with Gasteiger partial charge in [-0.1, -0.05) is 29.3 Å². The first-order chi connectivity index (χ1) is 8.22. The van der Waals surface area contributed by atoms with Crippen molar-refractivity contribution in [3.63, 3.8) is 0 Å². The third kappa shape index (κ3) is 3.12. The van der Waals surface area contributed by atoms with E-state index in [1.54, 1.807) is 6.07 Å². The summed E-state index contributed by atoms with van der Waals surface area (Å²) >= 11 is 11.9. The smallest absolute Gasteiger partial charge is 0.0595 e. The lowest BCUT2D eigenvalue weighted by atomic mass is 9.92. The van der Waals surface area contributed by atoms with Crippen molar-refractivity contribution in [2.24, 2.45) is 0 Å². The minimum absolute atomic E-state index is 0.00487. The van der Waals surface area contributed by atoms with Crippen LogP contribution in [0.15, 0.2) is 18.2 Å². The number of aliphatic hydroxyl groups excluding tert-OH is 1. The fourth-order valence-corrected chi connectivity index (χ4v) is 2.36. The molecule has 1 aliphatic rings. The standard InChI is InChI=1S/C12H15Cl2NO2/c13-10-2-1-8(5-11(10)14)9-7-17-4-3-15-12(9)6-16/h1-2,5,9,12,15-16H,3-4,6-7H2/t9-,12-/m1/s1. The molecule has 1 heterocycles. The molecule has 0 radical (unpaired) electrons. The van der Waals surface area contributed by atoms with Gasteiger partial charge in [0.2, 0.25) is 0 Å². The zero-order chi connectivity index (χ0) is 12.3. The van der Waals surface area contributed by atoms with Crippen LogP contribution in [-0.4, -0.2) is 37.5 Å². The SMILES string of the molecule is OC[C@H]1NCCOC[C@@H]1c1ccc(Cl)c(Cl)c1. The summed E-state index contributed by atoms with van der Waals surface area (Å²) in [5, 5.41) is 13.7. The summed E-state index contributed by atoms with van der Waals surface area (Å²) in [7, 11) is 0. The largest absolute Gasteiger partial charge is 0.395 e. The Labute approximate surface area is 111 Å². The summed E-state index contributed by atoms with van der Waals surface area (Å²) in [5.74, 6) is 0.0947. The van der Waals surface area contributed by atoms with Crippen molar-refractivity contribution in [2.45, 2.75) is 12.0 Å². The second-order valence-electron chi connectivity index (χ2n) is 4.10. The molecule has 0 saturated carbocycles. The van der Waals surface area contributed by atoms with Gasteiger partial charge in [-0.25, -0.2) is 0 Å². The maximum absolute atomic E-state index is 9.39. The normalized spacial score (nSPS) is 25.6. The molecule has 1 aromatic carbocycles. The van der Waals surface area contributed by atoms with E-state index in [4.69, 9.17) is 27.9 Å². The second kappa shape index (κ2) is 6.03. The van der Waals surface area contributed by atoms with E-state index in [9.17, 15) is 5.11 Å². The lowest BCUT2D eigenvalue weighted by Crippen LogP contribution is -2.38. The molecule has 1 fully saturated rings. The van der Waals surface area contributed by atoms with E-state index < -0.39 is 0 Å². The molecule has 1 saturated heterocycles. The minimum atomic E-state index is -0.00487. The molecule has 0 unspecified atom stereocenters. The fourth-order valence-electron chi connectivity index (χ4n) is 2.05. The molecule has 5 heteroatoms. The van der Waals surface area contributed by atoms with Gasteiger partial charge in [0.05, 0.1) is 29.9 Å². The highest BCUT2D eigenvalue weighted by Gasteiger charge is 2.25. The Hall–Kier alpha value is -0.320. The maximum Gasteiger partial charge on any atom is 0.0595 e. The van der Waals surface area contributed by atoms with Gasteiger partial charge in [0.1, 0.15) is 0 Å². The van der Waals surface area contributed by atoms with Crippen molar-refractivity contribution in [1.82, 2.24) is 5.32 Å². The Bertz CT molecular complexity index is 387. The zero-order valence-corrected chi connectivity index (χ0v) is 10.8. The van der Waals surface area contributed by atoms with Crippen molar-refractivity contribution in [1.29, 1.82) is 0 Å². The zero-order valence-electron chi connectivity index (χ0n) is 9.33. The molecular weight excluding hydrogens is 261 g/mol. The maximum atomic E-state index is 9.39. The van der Waals surface area contributed by atoms with E-state index >= 15 is 0 Å². The molecule has 2 rings (SSSR count). The van der Waals surface area contributed by atoms with Crippen LogP contribution in [0.25, 0.3) is 0 Å². The van der Waals surface area contributed by atoms with Gasteiger partial charge in [-0.15, -0.1) is 0 Å². The summed E-state index contributed by atoms with van der Waals surface area (Å²) in [6.07, 6.45) is 0. The van der Waals surface area contributed by atoms with Gasteiger partial charge in [0.25, 0.3) is 0 Å². The first-order valence-electron chi connectivity index (χ1n) is 5.59. The number of benzene rings is 1. The molecule has 0 spiro atoms. The van der Waals surface area contributed by atoms with Crippen molar-refractivity contribution >= 4 is 23.2 Å². The van der Waals surface area contributed by atoms with E-state index in [2.05, 4.69) is 5.32 Å². The van der Waals surface area contributed by atoms with Crippen LogP contribution in [0.4, 0.5) is 0 Å². The molecule has 2 N–H and O–H groups in total. The second-order valence-corrected chi connectivity index (χ2v) is 4.91. The van der Waals surface area contributed by atoms with E-state index in [0.29, 0.717) is 23.3 Å². The summed E-state index contributed by atoms with van der Waals surface area (Å²) < 4.78 is 5.51. The molecule has 0 bridgehead atoms. The quantitative estimate of drug-likeness (QED) is 0.868. The van der Waals surface area contributed by atoms with Crippen LogP contribution in [0.1, 0.15) is 11.5 Å². The van der Waals surface area contributed by atoms with E-state index in [-0.39, 0.29) is 18.6 Å². The van der Waals surface area contributed by atoms with Gasteiger partial charge in [0.15, 0.2) is 0 Å². The molecule has 3 nitrogen and oxygen atoms in total. The molecule has 0 aliphatic carbocycles. The third-order valence-corrected chi connectivity index (χ3v) is 3.74. The number of nitrogens with one attached hydrogen (secondary N) is 1. The minimum Gasteiger partial charge on any atom is -0.395 e. The van der Waals surface area contributed by atoms with E-state index in [1.807, 2.05) is 12.1 Å². The molecule has 0 amide bonds. The van der Waals surface area contributed by atoms with Crippen LogP contribution in [0.3, 0.4) is 0 Å². The molecule has 1 aromatic rings. The predicted octanol–water partition coefficient (Wildman–Crippen LogP) is 2.06. The molecule has 17 heavy (non-hydrogen) atoms. The third-order valence-electron chi connectivity index (χ3n) is 3.00. The lowest BCUT2D eigenvalue weighted by Gasteiger charge is -2.23. The molecule has 1 aliphatic heterocycles. The van der Waals surface area contributed by atoms with Gasteiger partial charge < -0.3 is 15.2 Å². The first-order valence-corrected chi connectivity index (χ1v) is 6.35. The average molecular weight is 276 g/mol. The van der Waals surface area contributed by atoms with E-state index in [1.165, 1.54) is 0 Å². The number of hydrogen-bond donors (Lipinski definition) is 2. The highest BCUT2D eigenvalue weighted by molar-refractivity contribution is 6.42. The molecule has 94 valence electrons. The van der Waals surface area contributed by atoms with Crippen molar-refractivity contribution in [3.8, 4) is 0 Å². The molecule has 0 aromatic heterocycles. The van der Waals surface area contributed by atoms with Gasteiger partial charge >= 0.3 is 0 Å². The summed E-state index contributed by atoms with van der Waals surface area (Å²) in [5.41, 5.74) is 1.04. The van der Waals surface area contributed by atoms with Gasteiger partial charge in [-0.3, -0.25) is 0 Å². The van der Waals surface area contributed by atoms with Crippen LogP contribution < -0.4 is 5.32 Å². The van der Waals surface area contributed by atoms with Crippen LogP contribution in [0.5, 0.6) is 0 Å². The number of rotatable bonds is 2. The topological polar surface area (TPSA) is 41.5 Å². The number of ether oxygens (including phenoxy) is 1. The Morgan fingerprint density at radius 3 is 2.88 bits per heavy atom. The van der Waals surface area contributed by atoms with Crippen LogP contribution in [0, 0.1) is 0 Å². The molecule has 2 atom stereocenters. The van der Waals surface area contributed by atoms with Crippen LogP contribution >= 0.6 is 23.2 Å². The Morgan fingerprint density at radius 2 is 2.18 bits per heavy atom. The monoisotopic (exact) mass is 275 g/mol. The molecular formula is C12H15Cl2NO2. The highest BCUT2D eigenvalue weighted by Crippen LogP contribution is 2.29. The summed E-state index contributed by atoms with van der Waals surface area (Å²) in [6.45, 7) is 2.07. The Balaban J connectivity index is 2.25. The fraction of sp³-hybridized carbons (Fsp3) is 0.500. The summed E-state index contributed by atoms with van der Waals surface area (Å²) in [4.78, 5) is 0. The van der Waals surface area contributed by atoms with Crippen LogP contribution in [-0.2, 0) is 4.74 Å². The van der Waals surface area contributed by atoms with Crippen molar-refractivity contribution in [2.75, 3.05) is 26.4 Å². The van der Waals surface area contributed by atoms with Gasteiger partial charge in [0, 0.05) is 18.5 Å². The number of halogens is 2. The van der Waals surface area contributed by atoms with Crippen molar-refractivity contribution < 1.29 is 9.84 Å². The number of hydrogen-bond acceptors (Lipinski definition) is 3. The van der Waals surface area contributed by atoms with Gasteiger partial charge in [-0.05, 0) is 17.7 Å². The summed E-state index contributed by atoms with van der Waals surface area (Å²) in [6, 6.07) is 5.54. The predicted molar refractivity (Wildman–Crippen MR) is 68.9 cm³/mol. The van der Waals surface area contributed by atoms with Crippen molar-refractivity contribution in [3.05, 3.63) is 33.8 Å². The van der Waals surface area contributed by atoms with E-state index in [0.717, 1.165) is 12.1 Å². The van der Waals surface area contributed by atoms with Gasteiger partial charge in [-0.2, -0.15) is 0 Å². The Kier molecular flexibility index (Phi) is 4.65. The first kappa shape index (κ1) is 13.1. The Morgan fingerprint density at radius 1 is 1.35 bits per heavy atom.